The molecule has 2 heterocycles. The SMILES string of the molecule is N=Cc1cc(Nc2ccnc3ccc(-c4ccc(CN5CCNC(=O)C5)cc4F)cc23)ccc1O. The van der Waals surface area contributed by atoms with E-state index in [1.807, 2.05) is 35.2 Å². The van der Waals surface area contributed by atoms with E-state index >= 15 is 4.39 Å². The number of halogens is 1. The summed E-state index contributed by atoms with van der Waals surface area (Å²) in [4.78, 5) is 18.0. The Balaban J connectivity index is 1.44. The lowest BCUT2D eigenvalue weighted by molar-refractivity contribution is -0.124. The van der Waals surface area contributed by atoms with E-state index in [9.17, 15) is 9.90 Å². The molecule has 0 radical (unpaired) electrons. The van der Waals surface area contributed by atoms with E-state index < -0.39 is 0 Å². The Morgan fingerprint density at radius 1 is 1.14 bits per heavy atom. The first kappa shape index (κ1) is 22.5. The third-order valence-corrected chi connectivity index (χ3v) is 6.07. The lowest BCUT2D eigenvalue weighted by Gasteiger charge is -2.26. The number of pyridine rings is 1. The fraction of sp³-hybridized carbons (Fsp3) is 0.148. The zero-order valence-corrected chi connectivity index (χ0v) is 18.9. The standard InChI is InChI=1S/C27H24FN5O2/c28-23-11-17(15-33-10-9-31-27(35)16-33)1-4-21(23)18-2-5-24-22(13-18)25(7-8-30-24)32-20-3-6-26(34)19(12-20)14-29/h1-8,11-14,29,34H,9-10,15-16H2,(H,30,32)(H,31,35). The molecule has 1 aliphatic rings. The third-order valence-electron chi connectivity index (χ3n) is 6.07. The molecule has 4 aromatic rings. The summed E-state index contributed by atoms with van der Waals surface area (Å²) >= 11 is 0. The van der Waals surface area contributed by atoms with E-state index in [2.05, 4.69) is 15.6 Å². The van der Waals surface area contributed by atoms with E-state index in [0.717, 1.165) is 40.5 Å². The Morgan fingerprint density at radius 2 is 2.03 bits per heavy atom. The van der Waals surface area contributed by atoms with Crippen LogP contribution in [-0.4, -0.2) is 46.7 Å². The summed E-state index contributed by atoms with van der Waals surface area (Å²) in [5.41, 5.74) is 4.67. The molecule has 35 heavy (non-hydrogen) atoms. The van der Waals surface area contributed by atoms with Crippen molar-refractivity contribution in [2.45, 2.75) is 6.54 Å². The van der Waals surface area contributed by atoms with Gasteiger partial charge < -0.3 is 21.1 Å². The molecule has 1 fully saturated rings. The van der Waals surface area contributed by atoms with Gasteiger partial charge in [0.1, 0.15) is 11.6 Å². The smallest absolute Gasteiger partial charge is 0.234 e. The van der Waals surface area contributed by atoms with Gasteiger partial charge in [0, 0.05) is 59.9 Å². The first-order chi connectivity index (χ1) is 17.0. The number of carbonyl (C=O) groups excluding carboxylic acids is 1. The van der Waals surface area contributed by atoms with Crippen molar-refractivity contribution in [3.63, 3.8) is 0 Å². The maximum Gasteiger partial charge on any atom is 0.234 e. The molecule has 0 unspecified atom stereocenters. The highest BCUT2D eigenvalue weighted by molar-refractivity contribution is 5.96. The minimum absolute atomic E-state index is 0.0103. The predicted molar refractivity (Wildman–Crippen MR) is 135 cm³/mol. The minimum atomic E-state index is -0.323. The van der Waals surface area contributed by atoms with Gasteiger partial charge in [-0.3, -0.25) is 14.7 Å². The number of hydrogen-bond donors (Lipinski definition) is 4. The second-order valence-electron chi connectivity index (χ2n) is 8.51. The van der Waals surface area contributed by atoms with Crippen molar-refractivity contribution in [3.05, 3.63) is 83.8 Å². The van der Waals surface area contributed by atoms with Crippen molar-refractivity contribution < 1.29 is 14.3 Å². The van der Waals surface area contributed by atoms with Gasteiger partial charge in [-0.05, 0) is 53.6 Å². The number of rotatable bonds is 6. The second-order valence-corrected chi connectivity index (χ2v) is 8.51. The second kappa shape index (κ2) is 9.52. The molecule has 8 heteroatoms. The third kappa shape index (κ3) is 4.83. The van der Waals surface area contributed by atoms with Crippen LogP contribution in [0.5, 0.6) is 5.75 Å². The Hall–Kier alpha value is -4.30. The van der Waals surface area contributed by atoms with Crippen LogP contribution < -0.4 is 10.6 Å². The normalized spacial score (nSPS) is 14.0. The summed E-state index contributed by atoms with van der Waals surface area (Å²) in [5, 5.41) is 24.2. The van der Waals surface area contributed by atoms with Gasteiger partial charge in [0.05, 0.1) is 12.1 Å². The fourth-order valence-corrected chi connectivity index (χ4v) is 4.30. The van der Waals surface area contributed by atoms with Crippen molar-refractivity contribution in [2.75, 3.05) is 25.0 Å². The molecule has 176 valence electrons. The van der Waals surface area contributed by atoms with E-state index in [-0.39, 0.29) is 17.5 Å². The van der Waals surface area contributed by atoms with Crippen LogP contribution in [0, 0.1) is 11.2 Å². The number of carbonyl (C=O) groups is 1. The molecule has 1 saturated heterocycles. The van der Waals surface area contributed by atoms with Crippen molar-refractivity contribution in [1.82, 2.24) is 15.2 Å². The number of phenols is 1. The Morgan fingerprint density at radius 3 is 2.83 bits per heavy atom. The summed E-state index contributed by atoms with van der Waals surface area (Å²) in [7, 11) is 0. The summed E-state index contributed by atoms with van der Waals surface area (Å²) in [5.74, 6) is -0.297. The monoisotopic (exact) mass is 469 g/mol. The van der Waals surface area contributed by atoms with Crippen LogP contribution in [0.25, 0.3) is 22.0 Å². The van der Waals surface area contributed by atoms with Gasteiger partial charge in [0.15, 0.2) is 0 Å². The van der Waals surface area contributed by atoms with Crippen LogP contribution in [0.1, 0.15) is 11.1 Å². The van der Waals surface area contributed by atoms with Crippen molar-refractivity contribution in [1.29, 1.82) is 5.41 Å². The molecular formula is C27H24FN5O2. The molecule has 0 bridgehead atoms. The average molecular weight is 470 g/mol. The maximum atomic E-state index is 15.2. The number of nitrogens with zero attached hydrogens (tertiary/aromatic N) is 2. The van der Waals surface area contributed by atoms with Gasteiger partial charge in [0.25, 0.3) is 0 Å². The maximum absolute atomic E-state index is 15.2. The number of aromatic hydroxyl groups is 1. The lowest BCUT2D eigenvalue weighted by atomic mass is 10.00. The molecule has 1 aliphatic heterocycles. The molecule has 5 rings (SSSR count). The first-order valence-corrected chi connectivity index (χ1v) is 11.3. The molecule has 4 N–H and O–H groups in total. The molecule has 0 aliphatic carbocycles. The fourth-order valence-electron chi connectivity index (χ4n) is 4.30. The van der Waals surface area contributed by atoms with E-state index in [0.29, 0.717) is 36.4 Å². The number of hydrogen-bond acceptors (Lipinski definition) is 6. The van der Waals surface area contributed by atoms with Crippen LogP contribution in [0.15, 0.2) is 66.9 Å². The predicted octanol–water partition coefficient (Wildman–Crippen LogP) is 4.42. The molecule has 1 amide bonds. The van der Waals surface area contributed by atoms with Gasteiger partial charge >= 0.3 is 0 Å². The lowest BCUT2D eigenvalue weighted by Crippen LogP contribution is -2.47. The molecule has 3 aromatic carbocycles. The summed E-state index contributed by atoms with van der Waals surface area (Å²) < 4.78 is 15.2. The van der Waals surface area contributed by atoms with Gasteiger partial charge in [-0.1, -0.05) is 18.2 Å². The molecule has 7 nitrogen and oxygen atoms in total. The largest absolute Gasteiger partial charge is 0.507 e. The van der Waals surface area contributed by atoms with Gasteiger partial charge in [-0.25, -0.2) is 4.39 Å². The van der Waals surface area contributed by atoms with Crippen LogP contribution in [0.2, 0.25) is 0 Å². The number of amides is 1. The first-order valence-electron chi connectivity index (χ1n) is 11.3. The molecule has 1 aromatic heterocycles. The zero-order valence-electron chi connectivity index (χ0n) is 18.9. The van der Waals surface area contributed by atoms with Crippen LogP contribution in [0.4, 0.5) is 15.8 Å². The summed E-state index contributed by atoms with van der Waals surface area (Å²) in [6.07, 6.45) is 2.79. The Bertz CT molecular complexity index is 1440. The molecule has 0 saturated carbocycles. The number of fused-ring (bicyclic) bond motifs is 1. The van der Waals surface area contributed by atoms with Gasteiger partial charge in [0.2, 0.25) is 5.91 Å². The van der Waals surface area contributed by atoms with E-state index in [1.54, 1.807) is 24.4 Å². The van der Waals surface area contributed by atoms with Crippen molar-refractivity contribution >= 4 is 34.4 Å². The molecular weight excluding hydrogens is 445 g/mol. The highest BCUT2D eigenvalue weighted by Gasteiger charge is 2.17. The summed E-state index contributed by atoms with van der Waals surface area (Å²) in [6, 6.07) is 17.6. The Labute approximate surface area is 201 Å². The highest BCUT2D eigenvalue weighted by atomic mass is 19.1. The Kier molecular flexibility index (Phi) is 6.12. The average Bonchev–Trinajstić information content (AvgIpc) is 2.85. The van der Waals surface area contributed by atoms with Gasteiger partial charge in [-0.15, -0.1) is 0 Å². The van der Waals surface area contributed by atoms with Crippen LogP contribution in [-0.2, 0) is 11.3 Å². The van der Waals surface area contributed by atoms with E-state index in [4.69, 9.17) is 5.41 Å². The number of aromatic nitrogens is 1. The quantitative estimate of drug-likeness (QED) is 0.247. The van der Waals surface area contributed by atoms with E-state index in [1.165, 1.54) is 12.1 Å². The van der Waals surface area contributed by atoms with Crippen molar-refractivity contribution in [3.8, 4) is 16.9 Å². The zero-order chi connectivity index (χ0) is 24.4. The topological polar surface area (TPSA) is 101 Å². The van der Waals surface area contributed by atoms with Crippen molar-refractivity contribution in [2.24, 2.45) is 0 Å². The number of benzene rings is 3. The number of nitrogens with one attached hydrogen (secondary N) is 3. The van der Waals surface area contributed by atoms with Crippen LogP contribution in [0.3, 0.4) is 0 Å². The van der Waals surface area contributed by atoms with Gasteiger partial charge in [-0.2, -0.15) is 0 Å². The molecule has 0 spiro atoms. The molecule has 0 atom stereocenters. The summed E-state index contributed by atoms with van der Waals surface area (Å²) in [6.45, 7) is 2.18. The van der Waals surface area contributed by atoms with Crippen LogP contribution >= 0.6 is 0 Å². The highest BCUT2D eigenvalue weighted by Crippen LogP contribution is 2.32. The number of anilines is 2. The number of phenolic OH excluding ortho intramolecular Hbond substituents is 1. The minimum Gasteiger partial charge on any atom is -0.507 e. The number of piperazine rings is 1.